The lowest BCUT2D eigenvalue weighted by Gasteiger charge is -2.24. The first-order valence-corrected chi connectivity index (χ1v) is 12.7. The number of carboxylic acids is 1. The van der Waals surface area contributed by atoms with E-state index in [2.05, 4.69) is 16.0 Å². The highest BCUT2D eigenvalue weighted by Crippen LogP contribution is 2.06. The van der Waals surface area contributed by atoms with Crippen LogP contribution in [0.25, 0.3) is 0 Å². The van der Waals surface area contributed by atoms with Crippen molar-refractivity contribution in [2.75, 3.05) is 18.6 Å². The second-order valence-electron chi connectivity index (χ2n) is 8.05. The minimum absolute atomic E-state index is 0.261. The minimum Gasteiger partial charge on any atom is -0.480 e. The van der Waals surface area contributed by atoms with Gasteiger partial charge in [0.2, 0.25) is 17.7 Å². The van der Waals surface area contributed by atoms with Crippen LogP contribution in [0.3, 0.4) is 0 Å². The Hall–Kier alpha value is -2.63. The molecule has 0 spiro atoms. The van der Waals surface area contributed by atoms with E-state index in [4.69, 9.17) is 11.5 Å². The molecule has 0 saturated carbocycles. The van der Waals surface area contributed by atoms with Gasteiger partial charge in [-0.05, 0) is 63.1 Å². The molecule has 3 amide bonds. The van der Waals surface area contributed by atoms with Gasteiger partial charge in [-0.1, -0.05) is 30.3 Å². The van der Waals surface area contributed by atoms with E-state index in [-0.39, 0.29) is 12.8 Å². The second kappa shape index (κ2) is 16.1. The maximum Gasteiger partial charge on any atom is 0.326 e. The van der Waals surface area contributed by atoms with Crippen molar-refractivity contribution in [2.45, 2.75) is 63.2 Å². The summed E-state index contributed by atoms with van der Waals surface area (Å²) in [6.45, 7) is 1.93. The Bertz CT molecular complexity index is 795. The maximum absolute atomic E-state index is 12.8. The van der Waals surface area contributed by atoms with Crippen molar-refractivity contribution in [3.8, 4) is 0 Å². The fraction of sp³-hybridized carbons (Fsp3) is 0.565. The number of thioether (sulfide) groups is 1. The summed E-state index contributed by atoms with van der Waals surface area (Å²) in [4.78, 5) is 49.4. The Balaban J connectivity index is 2.73. The molecular weight excluding hydrogens is 458 g/mol. The Morgan fingerprint density at radius 2 is 1.59 bits per heavy atom. The van der Waals surface area contributed by atoms with E-state index in [1.54, 1.807) is 0 Å². The Morgan fingerprint density at radius 1 is 0.941 bits per heavy atom. The smallest absolute Gasteiger partial charge is 0.326 e. The number of nitrogens with two attached hydrogens (primary N) is 2. The van der Waals surface area contributed by atoms with Crippen LogP contribution in [0.1, 0.15) is 38.2 Å². The predicted octanol–water partition coefficient (Wildman–Crippen LogP) is -0.00260. The average molecular weight is 496 g/mol. The maximum atomic E-state index is 12.8. The van der Waals surface area contributed by atoms with Gasteiger partial charge in [-0.3, -0.25) is 14.4 Å². The third kappa shape index (κ3) is 11.0. The molecule has 0 heterocycles. The summed E-state index contributed by atoms with van der Waals surface area (Å²) in [6.07, 6.45) is 3.93. The van der Waals surface area contributed by atoms with E-state index < -0.39 is 47.9 Å². The first-order valence-electron chi connectivity index (χ1n) is 11.3. The van der Waals surface area contributed by atoms with Gasteiger partial charge in [0, 0.05) is 0 Å². The molecule has 0 saturated heterocycles. The van der Waals surface area contributed by atoms with Crippen LogP contribution in [0.2, 0.25) is 0 Å². The van der Waals surface area contributed by atoms with Crippen LogP contribution in [-0.4, -0.2) is 71.5 Å². The van der Waals surface area contributed by atoms with Crippen molar-refractivity contribution >= 4 is 35.5 Å². The molecule has 0 radical (unpaired) electrons. The summed E-state index contributed by atoms with van der Waals surface area (Å²) >= 11 is 1.47. The molecule has 1 aromatic carbocycles. The van der Waals surface area contributed by atoms with Gasteiger partial charge in [0.15, 0.2) is 0 Å². The average Bonchev–Trinajstić information content (AvgIpc) is 2.81. The van der Waals surface area contributed by atoms with E-state index in [1.807, 2.05) is 36.6 Å². The number of hydrogen-bond acceptors (Lipinski definition) is 7. The van der Waals surface area contributed by atoms with E-state index >= 15 is 0 Å². The molecule has 4 atom stereocenters. The van der Waals surface area contributed by atoms with Crippen molar-refractivity contribution in [1.29, 1.82) is 0 Å². The van der Waals surface area contributed by atoms with E-state index in [0.717, 1.165) is 5.56 Å². The lowest BCUT2D eigenvalue weighted by atomic mass is 10.1. The zero-order chi connectivity index (χ0) is 25.5. The number of benzene rings is 1. The van der Waals surface area contributed by atoms with Crippen LogP contribution in [0.15, 0.2) is 30.3 Å². The van der Waals surface area contributed by atoms with Crippen LogP contribution in [0.4, 0.5) is 0 Å². The van der Waals surface area contributed by atoms with E-state index in [1.165, 1.54) is 18.7 Å². The van der Waals surface area contributed by atoms with Crippen LogP contribution in [0.5, 0.6) is 0 Å². The molecule has 0 aliphatic heterocycles. The van der Waals surface area contributed by atoms with Crippen LogP contribution in [-0.2, 0) is 25.6 Å². The normalized spacial score (nSPS) is 14.4. The largest absolute Gasteiger partial charge is 0.480 e. The molecular formula is C23H37N5O5S. The number of rotatable bonds is 16. The van der Waals surface area contributed by atoms with Gasteiger partial charge in [0.05, 0.1) is 6.04 Å². The predicted molar refractivity (Wildman–Crippen MR) is 133 cm³/mol. The van der Waals surface area contributed by atoms with Gasteiger partial charge in [-0.15, -0.1) is 0 Å². The van der Waals surface area contributed by atoms with Gasteiger partial charge < -0.3 is 32.5 Å². The second-order valence-corrected chi connectivity index (χ2v) is 9.04. The fourth-order valence-electron chi connectivity index (χ4n) is 3.17. The lowest BCUT2D eigenvalue weighted by molar-refractivity contribution is -0.142. The molecule has 0 aromatic heterocycles. The summed E-state index contributed by atoms with van der Waals surface area (Å²) in [5, 5.41) is 17.1. The highest BCUT2D eigenvalue weighted by Gasteiger charge is 2.28. The molecule has 8 N–H and O–H groups in total. The Labute approximate surface area is 205 Å². The molecule has 10 nitrogen and oxygen atoms in total. The van der Waals surface area contributed by atoms with Gasteiger partial charge in [-0.2, -0.15) is 11.8 Å². The molecule has 4 unspecified atom stereocenters. The molecule has 1 rings (SSSR count). The van der Waals surface area contributed by atoms with Crippen molar-refractivity contribution in [3.05, 3.63) is 35.9 Å². The van der Waals surface area contributed by atoms with Gasteiger partial charge in [-0.25, -0.2) is 4.79 Å². The van der Waals surface area contributed by atoms with Crippen molar-refractivity contribution < 1.29 is 24.3 Å². The molecule has 190 valence electrons. The number of unbranched alkanes of at least 4 members (excludes halogenated alkanes) is 1. The van der Waals surface area contributed by atoms with Crippen molar-refractivity contribution in [3.63, 3.8) is 0 Å². The Morgan fingerprint density at radius 3 is 2.18 bits per heavy atom. The first-order chi connectivity index (χ1) is 16.2. The third-order valence-corrected chi connectivity index (χ3v) is 5.84. The highest BCUT2D eigenvalue weighted by atomic mass is 32.2. The number of carbonyl (C=O) groups excluding carboxylic acids is 3. The van der Waals surface area contributed by atoms with Gasteiger partial charge in [0.25, 0.3) is 0 Å². The minimum atomic E-state index is -1.14. The van der Waals surface area contributed by atoms with E-state index in [9.17, 15) is 24.3 Å². The van der Waals surface area contributed by atoms with Gasteiger partial charge in [0.1, 0.15) is 18.1 Å². The number of nitrogens with one attached hydrogen (secondary N) is 3. The number of carboxylic acid groups (broad SMARTS) is 1. The molecule has 34 heavy (non-hydrogen) atoms. The number of hydrogen-bond donors (Lipinski definition) is 6. The summed E-state index contributed by atoms with van der Waals surface area (Å²) in [5.74, 6) is -2.21. The molecule has 0 fully saturated rings. The number of amides is 3. The van der Waals surface area contributed by atoms with Crippen LogP contribution in [0, 0.1) is 0 Å². The van der Waals surface area contributed by atoms with Crippen LogP contribution >= 0.6 is 11.8 Å². The molecule has 11 heteroatoms. The van der Waals surface area contributed by atoms with E-state index in [0.29, 0.717) is 31.6 Å². The SMILES string of the molecule is CSCCC(NC(=O)C(CCCCN)NC(=O)C(C)NC(=O)C(N)Cc1ccccc1)C(=O)O. The van der Waals surface area contributed by atoms with Gasteiger partial charge >= 0.3 is 5.97 Å². The monoisotopic (exact) mass is 495 g/mol. The number of aliphatic carboxylic acids is 1. The summed E-state index contributed by atoms with van der Waals surface area (Å²) < 4.78 is 0. The summed E-state index contributed by atoms with van der Waals surface area (Å²) in [7, 11) is 0. The number of carbonyl (C=O) groups is 4. The lowest BCUT2D eigenvalue weighted by Crippen LogP contribution is -2.56. The molecule has 0 bridgehead atoms. The fourth-order valence-corrected chi connectivity index (χ4v) is 3.64. The molecule has 0 aliphatic rings. The molecule has 1 aromatic rings. The summed E-state index contributed by atoms with van der Waals surface area (Å²) in [6, 6.07) is 5.50. The standard InChI is InChI=1S/C23H37N5O5S/c1-15(26-21(30)17(25)14-16-8-4-3-5-9-16)20(29)27-18(10-6-7-12-24)22(31)28-19(23(32)33)11-13-34-2/h3-5,8-9,15,17-19H,6-7,10-14,24-25H2,1-2H3,(H,26,30)(H,27,29)(H,28,31)(H,32,33). The van der Waals surface area contributed by atoms with Crippen molar-refractivity contribution in [1.82, 2.24) is 16.0 Å². The van der Waals surface area contributed by atoms with Crippen LogP contribution < -0.4 is 27.4 Å². The zero-order valence-electron chi connectivity index (χ0n) is 19.8. The highest BCUT2D eigenvalue weighted by molar-refractivity contribution is 7.98. The first kappa shape index (κ1) is 29.4. The quantitative estimate of drug-likeness (QED) is 0.174. The topological polar surface area (TPSA) is 177 Å². The third-order valence-electron chi connectivity index (χ3n) is 5.19. The van der Waals surface area contributed by atoms with Crippen molar-refractivity contribution in [2.24, 2.45) is 11.5 Å². The molecule has 0 aliphatic carbocycles. The Kier molecular flexibility index (Phi) is 13.9. The summed E-state index contributed by atoms with van der Waals surface area (Å²) in [5.41, 5.74) is 12.4. The zero-order valence-corrected chi connectivity index (χ0v) is 20.6.